The number of aliphatic carboxylic acids is 1. The highest BCUT2D eigenvalue weighted by atomic mass is 16.5. The monoisotopic (exact) mass is 203 g/mol. The number of amides is 1. The Bertz CT molecular complexity index is 183. The molecule has 0 aromatic carbocycles. The van der Waals surface area contributed by atoms with Crippen LogP contribution in [0.5, 0.6) is 0 Å². The number of rotatable bonds is 6. The lowest BCUT2D eigenvalue weighted by Crippen LogP contribution is -2.47. The molecular formula is C9H17NO4. The highest BCUT2D eigenvalue weighted by Gasteiger charge is 2.26. The van der Waals surface area contributed by atoms with Crippen molar-refractivity contribution in [2.24, 2.45) is 0 Å². The standard InChI is InChI=1S/C9H17NO4/c1-4-5-10(7(2)11)8(6-14-3)9(12)13/h8H,4-6H2,1-3H3,(H,12,13). The smallest absolute Gasteiger partial charge is 0.328 e. The zero-order chi connectivity index (χ0) is 11.1. The number of hydrogen-bond donors (Lipinski definition) is 1. The average Bonchev–Trinajstić information content (AvgIpc) is 2.10. The van der Waals surface area contributed by atoms with Crippen molar-refractivity contribution in [1.29, 1.82) is 0 Å². The van der Waals surface area contributed by atoms with Crippen molar-refractivity contribution in [1.82, 2.24) is 4.90 Å². The average molecular weight is 203 g/mol. The van der Waals surface area contributed by atoms with E-state index in [1.807, 2.05) is 6.92 Å². The van der Waals surface area contributed by atoms with Crippen LogP contribution in [0.25, 0.3) is 0 Å². The van der Waals surface area contributed by atoms with Gasteiger partial charge in [0.1, 0.15) is 0 Å². The van der Waals surface area contributed by atoms with Gasteiger partial charge in [0.25, 0.3) is 0 Å². The summed E-state index contributed by atoms with van der Waals surface area (Å²) in [4.78, 5) is 23.3. The van der Waals surface area contributed by atoms with Gasteiger partial charge in [-0.1, -0.05) is 6.92 Å². The van der Waals surface area contributed by atoms with Gasteiger partial charge in [0.15, 0.2) is 6.04 Å². The summed E-state index contributed by atoms with van der Waals surface area (Å²) < 4.78 is 4.77. The van der Waals surface area contributed by atoms with E-state index < -0.39 is 12.0 Å². The highest BCUT2D eigenvalue weighted by molar-refractivity contribution is 5.82. The van der Waals surface area contributed by atoms with Gasteiger partial charge >= 0.3 is 5.97 Å². The molecule has 0 heterocycles. The molecule has 5 nitrogen and oxygen atoms in total. The molecule has 1 unspecified atom stereocenters. The number of carbonyl (C=O) groups excluding carboxylic acids is 1. The quantitative estimate of drug-likeness (QED) is 0.676. The Morgan fingerprint density at radius 1 is 1.50 bits per heavy atom. The predicted molar refractivity (Wildman–Crippen MR) is 51.0 cm³/mol. The summed E-state index contributed by atoms with van der Waals surface area (Å²) in [6.07, 6.45) is 0.729. The van der Waals surface area contributed by atoms with E-state index in [1.54, 1.807) is 0 Å². The first-order valence-corrected chi connectivity index (χ1v) is 4.53. The second-order valence-electron chi connectivity index (χ2n) is 3.02. The summed E-state index contributed by atoms with van der Waals surface area (Å²) in [5.41, 5.74) is 0. The minimum Gasteiger partial charge on any atom is -0.480 e. The molecule has 0 aliphatic heterocycles. The van der Waals surface area contributed by atoms with E-state index in [2.05, 4.69) is 0 Å². The summed E-state index contributed by atoms with van der Waals surface area (Å²) >= 11 is 0. The minimum absolute atomic E-state index is 0.0227. The van der Waals surface area contributed by atoms with Crippen LogP contribution in [-0.2, 0) is 14.3 Å². The Morgan fingerprint density at radius 3 is 2.36 bits per heavy atom. The normalized spacial score (nSPS) is 12.2. The van der Waals surface area contributed by atoms with Crippen molar-refractivity contribution < 1.29 is 19.4 Å². The van der Waals surface area contributed by atoms with Crippen LogP contribution in [0.4, 0.5) is 0 Å². The molecule has 0 aliphatic rings. The molecule has 82 valence electrons. The number of methoxy groups -OCH3 is 1. The molecule has 0 aliphatic carbocycles. The number of carboxylic acid groups (broad SMARTS) is 1. The van der Waals surface area contributed by atoms with Crippen molar-refractivity contribution in [3.8, 4) is 0 Å². The molecule has 0 aromatic heterocycles. The first kappa shape index (κ1) is 12.9. The third-order valence-corrected chi connectivity index (χ3v) is 1.85. The summed E-state index contributed by atoms with van der Waals surface area (Å²) in [5, 5.41) is 8.88. The summed E-state index contributed by atoms with van der Waals surface area (Å²) in [5.74, 6) is -1.27. The van der Waals surface area contributed by atoms with Gasteiger partial charge in [-0.25, -0.2) is 4.79 Å². The lowest BCUT2D eigenvalue weighted by atomic mass is 10.2. The van der Waals surface area contributed by atoms with Crippen LogP contribution >= 0.6 is 0 Å². The molecule has 1 N–H and O–H groups in total. The molecule has 14 heavy (non-hydrogen) atoms. The van der Waals surface area contributed by atoms with Crippen molar-refractivity contribution in [3.05, 3.63) is 0 Å². The van der Waals surface area contributed by atoms with E-state index in [0.29, 0.717) is 6.54 Å². The summed E-state index contributed by atoms with van der Waals surface area (Å²) in [7, 11) is 1.42. The van der Waals surface area contributed by atoms with Gasteiger partial charge in [0.05, 0.1) is 6.61 Å². The van der Waals surface area contributed by atoms with Crippen LogP contribution in [-0.4, -0.2) is 48.2 Å². The van der Waals surface area contributed by atoms with Gasteiger partial charge in [0.2, 0.25) is 5.91 Å². The molecule has 0 rings (SSSR count). The van der Waals surface area contributed by atoms with E-state index in [4.69, 9.17) is 9.84 Å². The fraction of sp³-hybridized carbons (Fsp3) is 0.778. The van der Waals surface area contributed by atoms with Crippen molar-refractivity contribution in [2.75, 3.05) is 20.3 Å². The predicted octanol–water partition coefficient (Wildman–Crippen LogP) is 0.344. The number of ether oxygens (including phenoxy) is 1. The number of hydrogen-bond acceptors (Lipinski definition) is 3. The second kappa shape index (κ2) is 6.37. The summed E-state index contributed by atoms with van der Waals surface area (Å²) in [6.45, 7) is 3.72. The maximum atomic E-state index is 11.2. The Kier molecular flexibility index (Phi) is 5.87. The third kappa shape index (κ3) is 3.74. The van der Waals surface area contributed by atoms with Crippen LogP contribution in [0, 0.1) is 0 Å². The minimum atomic E-state index is -1.03. The zero-order valence-electron chi connectivity index (χ0n) is 8.82. The molecule has 5 heteroatoms. The number of carbonyl (C=O) groups is 2. The van der Waals surface area contributed by atoms with Crippen molar-refractivity contribution in [3.63, 3.8) is 0 Å². The van der Waals surface area contributed by atoms with Gasteiger partial charge in [0, 0.05) is 20.6 Å². The second-order valence-corrected chi connectivity index (χ2v) is 3.02. The molecule has 0 bridgehead atoms. The molecule has 1 amide bonds. The van der Waals surface area contributed by atoms with Gasteiger partial charge < -0.3 is 14.7 Å². The molecule has 0 spiro atoms. The van der Waals surface area contributed by atoms with Crippen molar-refractivity contribution in [2.45, 2.75) is 26.3 Å². The fourth-order valence-electron chi connectivity index (χ4n) is 1.23. The fourth-order valence-corrected chi connectivity index (χ4v) is 1.23. The Labute approximate surface area is 83.6 Å². The molecule has 0 saturated heterocycles. The van der Waals surface area contributed by atoms with Crippen molar-refractivity contribution >= 4 is 11.9 Å². The molecular weight excluding hydrogens is 186 g/mol. The Hall–Kier alpha value is -1.10. The zero-order valence-corrected chi connectivity index (χ0v) is 8.82. The van der Waals surface area contributed by atoms with Crippen LogP contribution in [0.15, 0.2) is 0 Å². The van der Waals surface area contributed by atoms with E-state index in [1.165, 1.54) is 18.9 Å². The first-order valence-electron chi connectivity index (χ1n) is 4.53. The largest absolute Gasteiger partial charge is 0.480 e. The van der Waals surface area contributed by atoms with Crippen LogP contribution in [0.2, 0.25) is 0 Å². The lowest BCUT2D eigenvalue weighted by molar-refractivity contribution is -0.151. The highest BCUT2D eigenvalue weighted by Crippen LogP contribution is 2.03. The van der Waals surface area contributed by atoms with Gasteiger partial charge in [-0.2, -0.15) is 0 Å². The molecule has 0 saturated carbocycles. The maximum Gasteiger partial charge on any atom is 0.328 e. The summed E-state index contributed by atoms with van der Waals surface area (Å²) in [6, 6.07) is -0.877. The van der Waals surface area contributed by atoms with E-state index in [0.717, 1.165) is 6.42 Å². The van der Waals surface area contributed by atoms with Gasteiger partial charge in [-0.15, -0.1) is 0 Å². The van der Waals surface area contributed by atoms with Crippen LogP contribution in [0.1, 0.15) is 20.3 Å². The van der Waals surface area contributed by atoms with E-state index in [-0.39, 0.29) is 12.5 Å². The molecule has 1 atom stereocenters. The number of nitrogens with zero attached hydrogens (tertiary/aromatic N) is 1. The lowest BCUT2D eigenvalue weighted by Gasteiger charge is -2.26. The van der Waals surface area contributed by atoms with Crippen LogP contribution < -0.4 is 0 Å². The number of carboxylic acids is 1. The molecule has 0 radical (unpaired) electrons. The van der Waals surface area contributed by atoms with Gasteiger partial charge in [-0.3, -0.25) is 4.79 Å². The van der Waals surface area contributed by atoms with E-state index >= 15 is 0 Å². The Balaban J connectivity index is 4.54. The van der Waals surface area contributed by atoms with E-state index in [9.17, 15) is 9.59 Å². The van der Waals surface area contributed by atoms with Crippen LogP contribution in [0.3, 0.4) is 0 Å². The third-order valence-electron chi connectivity index (χ3n) is 1.85. The SMILES string of the molecule is CCCN(C(C)=O)C(COC)C(=O)O. The Morgan fingerprint density at radius 2 is 2.07 bits per heavy atom. The molecule has 0 fully saturated rings. The van der Waals surface area contributed by atoms with Gasteiger partial charge in [-0.05, 0) is 6.42 Å². The topological polar surface area (TPSA) is 66.8 Å². The maximum absolute atomic E-state index is 11.2. The first-order chi connectivity index (χ1) is 6.54. The molecule has 0 aromatic rings.